The van der Waals surface area contributed by atoms with Crippen molar-refractivity contribution in [2.24, 2.45) is 5.92 Å². The van der Waals surface area contributed by atoms with Gasteiger partial charge < -0.3 is 8.92 Å². The summed E-state index contributed by atoms with van der Waals surface area (Å²) in [6, 6.07) is 4.81. The zero-order chi connectivity index (χ0) is 14.8. The first kappa shape index (κ1) is 15.0. The van der Waals surface area contributed by atoms with E-state index in [1.165, 1.54) is 13.2 Å². The number of fused-ring (bicyclic) bond motifs is 1. The molecule has 3 nitrogen and oxygen atoms in total. The van der Waals surface area contributed by atoms with Crippen LogP contribution in [-0.2, 0) is 22.4 Å². The third-order valence-electron chi connectivity index (χ3n) is 3.17. The summed E-state index contributed by atoms with van der Waals surface area (Å²) in [4.78, 5) is 11.5. The van der Waals surface area contributed by atoms with Gasteiger partial charge in [-0.3, -0.25) is 4.79 Å². The fourth-order valence-corrected chi connectivity index (χ4v) is 2.54. The van der Waals surface area contributed by atoms with Gasteiger partial charge in [-0.15, -0.1) is 0 Å². The number of hydrogen-bond donors (Lipinski definition) is 0. The van der Waals surface area contributed by atoms with E-state index in [0.29, 0.717) is 19.3 Å². The zero-order valence-electron chi connectivity index (χ0n) is 10.7. The summed E-state index contributed by atoms with van der Waals surface area (Å²) >= 11 is -0.543. The van der Waals surface area contributed by atoms with Gasteiger partial charge in [0.1, 0.15) is 5.75 Å². The van der Waals surface area contributed by atoms with Gasteiger partial charge >= 0.3 is 11.5 Å². The van der Waals surface area contributed by atoms with E-state index in [0.717, 1.165) is 11.1 Å². The first-order chi connectivity index (χ1) is 9.39. The number of carbonyl (C=O) groups excluding carboxylic acids is 1. The molecule has 2 rings (SSSR count). The minimum atomic E-state index is -4.44. The Hall–Kier alpha value is -1.37. The second kappa shape index (κ2) is 5.95. The number of benzene rings is 1. The van der Waals surface area contributed by atoms with Crippen LogP contribution in [0.25, 0.3) is 0 Å². The second-order valence-corrected chi connectivity index (χ2v) is 5.30. The summed E-state index contributed by atoms with van der Waals surface area (Å²) in [7, 11) is 1.33. The van der Waals surface area contributed by atoms with Crippen molar-refractivity contribution in [2.45, 2.75) is 24.8 Å². The van der Waals surface area contributed by atoms with Crippen LogP contribution in [0, 0.1) is 5.92 Å². The molecule has 1 aliphatic rings. The molecule has 0 aliphatic heterocycles. The van der Waals surface area contributed by atoms with Crippen LogP contribution in [0.3, 0.4) is 0 Å². The minimum absolute atomic E-state index is 0.136. The van der Waals surface area contributed by atoms with Gasteiger partial charge in [-0.05, 0) is 42.5 Å². The van der Waals surface area contributed by atoms with Crippen LogP contribution in [0.2, 0.25) is 0 Å². The molecule has 0 spiro atoms. The average molecular weight is 306 g/mol. The number of ether oxygens (including phenoxy) is 1. The van der Waals surface area contributed by atoms with Gasteiger partial charge in [0, 0.05) is 0 Å². The number of hydrogen-bond acceptors (Lipinski definition) is 4. The predicted molar refractivity (Wildman–Crippen MR) is 68.2 cm³/mol. The van der Waals surface area contributed by atoms with E-state index < -0.39 is 17.6 Å². The molecule has 110 valence electrons. The molecule has 7 heteroatoms. The monoisotopic (exact) mass is 306 g/mol. The first-order valence-corrected chi connectivity index (χ1v) is 6.75. The molecule has 20 heavy (non-hydrogen) atoms. The van der Waals surface area contributed by atoms with Crippen LogP contribution < -0.4 is 4.18 Å². The summed E-state index contributed by atoms with van der Waals surface area (Å²) < 4.78 is 45.6. The van der Waals surface area contributed by atoms with Crippen LogP contribution >= 0.6 is 12.0 Å². The number of alkyl halides is 3. The van der Waals surface area contributed by atoms with E-state index in [1.807, 2.05) is 0 Å². The molecule has 1 unspecified atom stereocenters. The minimum Gasteiger partial charge on any atom is -0.469 e. The van der Waals surface area contributed by atoms with Gasteiger partial charge in [0.15, 0.2) is 12.0 Å². The summed E-state index contributed by atoms with van der Waals surface area (Å²) in [5.74, 6) is -0.388. The second-order valence-electron chi connectivity index (χ2n) is 4.51. The number of aryl methyl sites for hydroxylation is 1. The molecule has 0 radical (unpaired) electrons. The highest BCUT2D eigenvalue weighted by molar-refractivity contribution is 7.95. The molecule has 0 N–H and O–H groups in total. The third kappa shape index (κ3) is 3.82. The van der Waals surface area contributed by atoms with Crippen molar-refractivity contribution in [3.8, 4) is 5.75 Å². The van der Waals surface area contributed by atoms with Crippen molar-refractivity contribution in [3.05, 3.63) is 29.3 Å². The molecule has 1 aromatic carbocycles. The Labute approximate surface area is 118 Å². The van der Waals surface area contributed by atoms with E-state index in [2.05, 4.69) is 4.18 Å². The normalized spacial score (nSPS) is 18.3. The average Bonchev–Trinajstić information content (AvgIpc) is 2.42. The quantitative estimate of drug-likeness (QED) is 0.632. The molecule has 0 heterocycles. The number of methoxy groups -OCH3 is 1. The summed E-state index contributed by atoms with van der Waals surface area (Å²) in [5, 5.41) is 0. The van der Waals surface area contributed by atoms with Crippen molar-refractivity contribution in [1.82, 2.24) is 0 Å². The zero-order valence-corrected chi connectivity index (χ0v) is 11.5. The maximum absolute atomic E-state index is 12.1. The van der Waals surface area contributed by atoms with Gasteiger partial charge in [-0.2, -0.15) is 13.2 Å². The predicted octanol–water partition coefficient (Wildman–Crippen LogP) is 3.51. The van der Waals surface area contributed by atoms with Gasteiger partial charge in [0.05, 0.1) is 13.0 Å². The Morgan fingerprint density at radius 2 is 2.10 bits per heavy atom. The van der Waals surface area contributed by atoms with Crippen LogP contribution in [-0.4, -0.2) is 18.6 Å². The first-order valence-electron chi connectivity index (χ1n) is 6.01. The Morgan fingerprint density at radius 1 is 1.35 bits per heavy atom. The smallest absolute Gasteiger partial charge is 0.469 e. The Morgan fingerprint density at radius 3 is 2.75 bits per heavy atom. The van der Waals surface area contributed by atoms with Crippen molar-refractivity contribution in [3.63, 3.8) is 0 Å². The SMILES string of the molecule is COC(=O)C1CCc2ccc(OSC(F)(F)F)cc2C1. The highest BCUT2D eigenvalue weighted by Crippen LogP contribution is 2.35. The third-order valence-corrected chi connectivity index (χ3v) is 3.64. The van der Waals surface area contributed by atoms with Gasteiger partial charge in [0.2, 0.25) is 0 Å². The lowest BCUT2D eigenvalue weighted by Gasteiger charge is -2.23. The van der Waals surface area contributed by atoms with Crippen LogP contribution in [0.5, 0.6) is 5.75 Å². The van der Waals surface area contributed by atoms with Crippen LogP contribution in [0.15, 0.2) is 18.2 Å². The Bertz CT molecular complexity index is 502. The van der Waals surface area contributed by atoms with Crippen molar-refractivity contribution < 1.29 is 26.9 Å². The fourth-order valence-electron chi connectivity index (χ4n) is 2.25. The molecular formula is C13H13F3O3S. The van der Waals surface area contributed by atoms with Crippen molar-refractivity contribution in [2.75, 3.05) is 7.11 Å². The lowest BCUT2D eigenvalue weighted by molar-refractivity contribution is -0.145. The standard InChI is InChI=1S/C13H13F3O3S/c1-18-12(17)9-3-2-8-4-5-11(7-10(8)6-9)19-20-13(14,15)16/h4-5,7,9H,2-3,6H2,1H3. The van der Waals surface area contributed by atoms with E-state index in [-0.39, 0.29) is 17.6 Å². The van der Waals surface area contributed by atoms with Gasteiger partial charge in [-0.1, -0.05) is 6.07 Å². The molecule has 0 aromatic heterocycles. The van der Waals surface area contributed by atoms with Crippen molar-refractivity contribution in [1.29, 1.82) is 0 Å². The summed E-state index contributed by atoms with van der Waals surface area (Å²) in [5.41, 5.74) is -2.56. The Kier molecular flexibility index (Phi) is 4.47. The van der Waals surface area contributed by atoms with Crippen LogP contribution in [0.4, 0.5) is 13.2 Å². The number of halogens is 3. The van der Waals surface area contributed by atoms with E-state index in [1.54, 1.807) is 12.1 Å². The molecule has 0 saturated heterocycles. The lowest BCUT2D eigenvalue weighted by atomic mass is 9.84. The number of esters is 1. The van der Waals surface area contributed by atoms with E-state index in [9.17, 15) is 18.0 Å². The molecule has 0 saturated carbocycles. The van der Waals surface area contributed by atoms with E-state index in [4.69, 9.17) is 4.74 Å². The topological polar surface area (TPSA) is 35.5 Å². The van der Waals surface area contributed by atoms with E-state index >= 15 is 0 Å². The molecule has 0 amide bonds. The Balaban J connectivity index is 2.08. The molecule has 0 bridgehead atoms. The molecule has 1 aromatic rings. The highest BCUT2D eigenvalue weighted by Gasteiger charge is 2.32. The summed E-state index contributed by atoms with van der Waals surface area (Å²) in [6.07, 6.45) is 1.87. The maximum Gasteiger partial charge on any atom is 0.479 e. The van der Waals surface area contributed by atoms with Gasteiger partial charge in [0.25, 0.3) is 0 Å². The fraction of sp³-hybridized carbons (Fsp3) is 0.462. The van der Waals surface area contributed by atoms with Crippen LogP contribution in [0.1, 0.15) is 17.5 Å². The molecule has 0 fully saturated rings. The largest absolute Gasteiger partial charge is 0.479 e. The molecular weight excluding hydrogens is 293 g/mol. The number of carbonyl (C=O) groups is 1. The number of rotatable bonds is 3. The highest BCUT2D eigenvalue weighted by atomic mass is 32.2. The molecule has 1 aliphatic carbocycles. The molecule has 1 atom stereocenters. The summed E-state index contributed by atoms with van der Waals surface area (Å²) in [6.45, 7) is 0. The maximum atomic E-state index is 12.1. The van der Waals surface area contributed by atoms with Crippen molar-refractivity contribution >= 4 is 18.0 Å². The lowest BCUT2D eigenvalue weighted by Crippen LogP contribution is -2.23. The van der Waals surface area contributed by atoms with Gasteiger partial charge in [-0.25, -0.2) is 0 Å².